The Morgan fingerprint density at radius 3 is 1.55 bits per heavy atom. The molecule has 4 nitrogen and oxygen atoms in total. The summed E-state index contributed by atoms with van der Waals surface area (Å²) < 4.78 is 19.8. The molecule has 0 fully saturated rings. The molecule has 0 aromatic heterocycles. The first-order chi connectivity index (χ1) is 14.1. The highest BCUT2D eigenvalue weighted by Crippen LogP contribution is 2.28. The lowest BCUT2D eigenvalue weighted by Gasteiger charge is -2.48. The molecular weight excluding hydrogens is 361 g/mol. The van der Waals surface area contributed by atoms with E-state index in [9.17, 15) is 0 Å². The SMILES string of the molecule is CCCCCC(OB(OCCC)OCCC)C(CC)[N+](CCC)(CCC)CCC. The minimum Gasteiger partial charge on any atom is -0.386 e. The van der Waals surface area contributed by atoms with E-state index in [4.69, 9.17) is 14.0 Å². The highest BCUT2D eigenvalue weighted by atomic mass is 16.7. The normalized spacial score (nSPS) is 14.2. The lowest BCUT2D eigenvalue weighted by molar-refractivity contribution is -0.954. The van der Waals surface area contributed by atoms with E-state index in [1.807, 2.05) is 0 Å². The van der Waals surface area contributed by atoms with E-state index >= 15 is 0 Å². The van der Waals surface area contributed by atoms with Crippen LogP contribution < -0.4 is 0 Å². The zero-order chi connectivity index (χ0) is 22.0. The number of hydrogen-bond donors (Lipinski definition) is 0. The van der Waals surface area contributed by atoms with Gasteiger partial charge >= 0.3 is 7.32 Å². The van der Waals surface area contributed by atoms with Gasteiger partial charge in [0.1, 0.15) is 6.04 Å². The molecule has 29 heavy (non-hydrogen) atoms. The van der Waals surface area contributed by atoms with Gasteiger partial charge in [-0.1, -0.05) is 67.7 Å². The van der Waals surface area contributed by atoms with E-state index in [1.54, 1.807) is 0 Å². The molecule has 0 spiro atoms. The molecule has 0 aromatic carbocycles. The van der Waals surface area contributed by atoms with Gasteiger partial charge in [0.05, 0.1) is 25.7 Å². The lowest BCUT2D eigenvalue weighted by Crippen LogP contribution is -2.62. The van der Waals surface area contributed by atoms with E-state index in [1.165, 1.54) is 62.6 Å². The van der Waals surface area contributed by atoms with Gasteiger partial charge in [0.15, 0.2) is 0 Å². The van der Waals surface area contributed by atoms with Crippen molar-refractivity contribution in [3.63, 3.8) is 0 Å². The Morgan fingerprint density at radius 2 is 1.17 bits per heavy atom. The number of nitrogens with zero attached hydrogens (tertiary/aromatic N) is 1. The van der Waals surface area contributed by atoms with Crippen LogP contribution in [0.15, 0.2) is 0 Å². The number of quaternary nitrogens is 1. The first-order valence-electron chi connectivity index (χ1n) is 12.8. The van der Waals surface area contributed by atoms with E-state index < -0.39 is 7.32 Å². The fraction of sp³-hybridized carbons (Fsp3) is 1.00. The first kappa shape index (κ1) is 28.9. The molecule has 0 saturated heterocycles. The fourth-order valence-corrected chi connectivity index (χ4v) is 4.82. The van der Waals surface area contributed by atoms with Gasteiger partial charge in [0.25, 0.3) is 0 Å². The van der Waals surface area contributed by atoms with Crippen molar-refractivity contribution >= 4 is 7.32 Å². The van der Waals surface area contributed by atoms with Crippen molar-refractivity contribution in [2.24, 2.45) is 0 Å². The second-order valence-electron chi connectivity index (χ2n) is 8.57. The molecule has 174 valence electrons. The minimum absolute atomic E-state index is 0.190. The summed E-state index contributed by atoms with van der Waals surface area (Å²) in [5.74, 6) is 0. The molecule has 0 rings (SSSR count). The van der Waals surface area contributed by atoms with Crippen LogP contribution in [0.25, 0.3) is 0 Å². The zero-order valence-corrected chi connectivity index (χ0v) is 21.0. The van der Waals surface area contributed by atoms with Gasteiger partial charge in [-0.3, -0.25) is 0 Å². The van der Waals surface area contributed by atoms with Crippen molar-refractivity contribution in [2.75, 3.05) is 32.8 Å². The topological polar surface area (TPSA) is 27.7 Å². The summed E-state index contributed by atoms with van der Waals surface area (Å²) in [5, 5.41) is 0. The second kappa shape index (κ2) is 18.7. The summed E-state index contributed by atoms with van der Waals surface area (Å²) in [6, 6.07) is 0.504. The third kappa shape index (κ3) is 11.2. The molecule has 0 aliphatic rings. The maximum Gasteiger partial charge on any atom is 0.639 e. The number of hydrogen-bond acceptors (Lipinski definition) is 3. The molecule has 0 heterocycles. The van der Waals surface area contributed by atoms with Crippen molar-refractivity contribution in [3.8, 4) is 0 Å². The van der Waals surface area contributed by atoms with Crippen molar-refractivity contribution < 1.29 is 18.4 Å². The third-order valence-corrected chi connectivity index (χ3v) is 5.85. The van der Waals surface area contributed by atoms with Gasteiger partial charge < -0.3 is 18.4 Å². The molecule has 0 aliphatic carbocycles. The van der Waals surface area contributed by atoms with Gasteiger partial charge in [-0.2, -0.15) is 0 Å². The fourth-order valence-electron chi connectivity index (χ4n) is 4.82. The smallest absolute Gasteiger partial charge is 0.386 e. The van der Waals surface area contributed by atoms with Crippen molar-refractivity contribution in [2.45, 2.75) is 125 Å². The average Bonchev–Trinajstić information content (AvgIpc) is 2.71. The van der Waals surface area contributed by atoms with Crippen molar-refractivity contribution in [1.82, 2.24) is 0 Å². The van der Waals surface area contributed by atoms with Crippen LogP contribution in [-0.4, -0.2) is 56.8 Å². The highest BCUT2D eigenvalue weighted by Gasteiger charge is 2.41. The maximum absolute atomic E-state index is 6.64. The largest absolute Gasteiger partial charge is 0.639 e. The Morgan fingerprint density at radius 1 is 0.655 bits per heavy atom. The van der Waals surface area contributed by atoms with Gasteiger partial charge in [0.2, 0.25) is 0 Å². The zero-order valence-electron chi connectivity index (χ0n) is 21.0. The third-order valence-electron chi connectivity index (χ3n) is 5.85. The molecule has 5 heteroatoms. The molecule has 0 bridgehead atoms. The molecule has 2 atom stereocenters. The molecule has 0 aliphatic heterocycles. The quantitative estimate of drug-likeness (QED) is 0.120. The summed E-state index contributed by atoms with van der Waals surface area (Å²) in [5.41, 5.74) is 0. The lowest BCUT2D eigenvalue weighted by atomic mass is 9.94. The van der Waals surface area contributed by atoms with E-state index in [2.05, 4.69) is 48.5 Å². The van der Waals surface area contributed by atoms with E-state index in [0.29, 0.717) is 19.3 Å². The minimum atomic E-state index is -0.526. The van der Waals surface area contributed by atoms with E-state index in [0.717, 1.165) is 25.7 Å². The Kier molecular flexibility index (Phi) is 18.6. The van der Waals surface area contributed by atoms with Crippen LogP contribution in [-0.2, 0) is 14.0 Å². The predicted octanol–water partition coefficient (Wildman–Crippen LogP) is 6.62. The molecule has 0 saturated carbocycles. The van der Waals surface area contributed by atoms with E-state index in [-0.39, 0.29) is 6.10 Å². The van der Waals surface area contributed by atoms with Gasteiger partial charge in [-0.25, -0.2) is 0 Å². The number of unbranched alkanes of at least 4 members (excludes halogenated alkanes) is 2. The summed E-state index contributed by atoms with van der Waals surface area (Å²) in [6.45, 7) is 21.0. The summed E-state index contributed by atoms with van der Waals surface area (Å²) in [4.78, 5) is 0. The average molecular weight is 415 g/mol. The number of rotatable bonds is 21. The molecule has 0 amide bonds. The second-order valence-corrected chi connectivity index (χ2v) is 8.57. The van der Waals surface area contributed by atoms with Crippen LogP contribution in [0.1, 0.15) is 113 Å². The maximum atomic E-state index is 6.64. The van der Waals surface area contributed by atoms with Crippen LogP contribution in [0.3, 0.4) is 0 Å². The van der Waals surface area contributed by atoms with Gasteiger partial charge in [-0.15, -0.1) is 0 Å². The Labute approximate surface area is 183 Å². The monoisotopic (exact) mass is 414 g/mol. The molecule has 0 aromatic rings. The van der Waals surface area contributed by atoms with Crippen LogP contribution in [0.5, 0.6) is 0 Å². The van der Waals surface area contributed by atoms with Gasteiger partial charge in [0, 0.05) is 13.2 Å². The van der Waals surface area contributed by atoms with Crippen LogP contribution in [0.2, 0.25) is 0 Å². The first-order valence-corrected chi connectivity index (χ1v) is 12.8. The van der Waals surface area contributed by atoms with Gasteiger partial charge in [-0.05, 0) is 44.9 Å². The predicted molar refractivity (Wildman–Crippen MR) is 127 cm³/mol. The highest BCUT2D eigenvalue weighted by molar-refractivity contribution is 6.36. The molecule has 0 N–H and O–H groups in total. The van der Waals surface area contributed by atoms with Crippen LogP contribution >= 0.6 is 0 Å². The summed E-state index contributed by atoms with van der Waals surface area (Å²) in [7, 11) is -0.526. The Bertz CT molecular complexity index is 332. The summed E-state index contributed by atoms with van der Waals surface area (Å²) in [6.07, 6.45) is 11.8. The Hall–Kier alpha value is -0.0951. The molecule has 0 radical (unpaired) electrons. The summed E-state index contributed by atoms with van der Waals surface area (Å²) >= 11 is 0. The van der Waals surface area contributed by atoms with Crippen LogP contribution in [0, 0.1) is 0 Å². The van der Waals surface area contributed by atoms with Crippen molar-refractivity contribution in [1.29, 1.82) is 0 Å². The molecule has 2 unspecified atom stereocenters. The Balaban J connectivity index is 5.67. The molecular formula is C24H53BNO3+. The van der Waals surface area contributed by atoms with Crippen molar-refractivity contribution in [3.05, 3.63) is 0 Å². The van der Waals surface area contributed by atoms with Crippen LogP contribution in [0.4, 0.5) is 0 Å². The standard InChI is InChI=1S/C24H53BNO3/c1-8-15-16-17-24(29-25(27-21-12-5)28-22-13-6)23(14-7)26(18-9-2,19-10-3)20-11-4/h23-24H,8-22H2,1-7H3/q+1.